The van der Waals surface area contributed by atoms with Crippen LogP contribution in [0.5, 0.6) is 0 Å². The first-order valence-electron chi connectivity index (χ1n) is 9.62. The largest absolute Gasteiger partial charge is 0.311 e. The van der Waals surface area contributed by atoms with Crippen LogP contribution in [-0.4, -0.2) is 44.0 Å². The van der Waals surface area contributed by atoms with Crippen LogP contribution in [0, 0.1) is 0 Å². The van der Waals surface area contributed by atoms with E-state index in [1.54, 1.807) is 34.9 Å². The van der Waals surface area contributed by atoms with Crippen molar-refractivity contribution in [1.82, 2.24) is 4.31 Å². The molecule has 1 aliphatic rings. The molecule has 0 saturated carbocycles. The third kappa shape index (κ3) is 4.97. The van der Waals surface area contributed by atoms with Gasteiger partial charge in [-0.1, -0.05) is 37.6 Å². The normalized spacial score (nSPS) is 13.7. The van der Waals surface area contributed by atoms with Crippen molar-refractivity contribution in [1.29, 1.82) is 0 Å². The molecule has 2 aromatic carbocycles. The smallest absolute Gasteiger partial charge is 0.243 e. The molecule has 0 N–H and O–H groups in total. The summed E-state index contributed by atoms with van der Waals surface area (Å²) in [7, 11) is -3.49. The van der Waals surface area contributed by atoms with Gasteiger partial charge >= 0.3 is 0 Å². The first-order valence-corrected chi connectivity index (χ1v) is 12.6. The number of anilines is 1. The lowest BCUT2D eigenvalue weighted by molar-refractivity contribution is -0.116. The van der Waals surface area contributed by atoms with Gasteiger partial charge in [0.05, 0.1) is 10.6 Å². The summed E-state index contributed by atoms with van der Waals surface area (Å²) in [6, 6.07) is 12.7. The molecule has 2 aromatic rings. The molecule has 1 aliphatic heterocycles. The van der Waals surface area contributed by atoms with Crippen LogP contribution in [0.3, 0.4) is 0 Å². The molecule has 0 atom stereocenters. The van der Waals surface area contributed by atoms with Gasteiger partial charge in [-0.05, 0) is 47.9 Å². The van der Waals surface area contributed by atoms with E-state index in [1.807, 2.05) is 38.1 Å². The van der Waals surface area contributed by atoms with E-state index in [9.17, 15) is 13.2 Å². The third-order valence-corrected chi connectivity index (χ3v) is 8.24. The number of hydrogen-bond acceptors (Lipinski definition) is 4. The average molecular weight is 453 g/mol. The van der Waals surface area contributed by atoms with Crippen LogP contribution in [0.1, 0.15) is 25.0 Å². The average Bonchev–Trinajstić information content (AvgIpc) is 3.12. The Labute approximate surface area is 182 Å². The molecule has 3 rings (SSSR count). The fourth-order valence-corrected chi connectivity index (χ4v) is 6.04. The molecule has 156 valence electrons. The number of halogens is 1. The zero-order valence-corrected chi connectivity index (χ0v) is 19.0. The van der Waals surface area contributed by atoms with E-state index in [0.717, 1.165) is 16.8 Å². The highest BCUT2D eigenvalue weighted by molar-refractivity contribution is 7.99. The standard InChI is InChI=1S/C21H25ClN2O3S2/c1-3-23(4-2)29(26,27)19-8-9-20-17(13-19)10-11-24(20)21(25)15-28-14-16-6-5-7-18(22)12-16/h5-9,12-13H,3-4,10-11,14-15H2,1-2H3. The first-order chi connectivity index (χ1) is 13.9. The van der Waals surface area contributed by atoms with E-state index in [-0.39, 0.29) is 5.91 Å². The number of carbonyl (C=O) groups is 1. The van der Waals surface area contributed by atoms with Crippen molar-refractivity contribution >= 4 is 45.0 Å². The molecule has 0 spiro atoms. The van der Waals surface area contributed by atoms with Crippen LogP contribution < -0.4 is 4.90 Å². The Morgan fingerprint density at radius 1 is 1.17 bits per heavy atom. The summed E-state index contributed by atoms with van der Waals surface area (Å²) in [4.78, 5) is 14.8. The number of carbonyl (C=O) groups excluding carboxylic acids is 1. The quantitative estimate of drug-likeness (QED) is 0.602. The summed E-state index contributed by atoms with van der Waals surface area (Å²) < 4.78 is 26.9. The molecule has 0 aliphatic carbocycles. The summed E-state index contributed by atoms with van der Waals surface area (Å²) in [6.07, 6.45) is 0.668. The highest BCUT2D eigenvalue weighted by Crippen LogP contribution is 2.32. The van der Waals surface area contributed by atoms with Gasteiger partial charge in [0, 0.05) is 36.1 Å². The summed E-state index contributed by atoms with van der Waals surface area (Å²) >= 11 is 7.55. The molecule has 0 bridgehead atoms. The van der Waals surface area contributed by atoms with Crippen molar-refractivity contribution in [3.63, 3.8) is 0 Å². The lowest BCUT2D eigenvalue weighted by Crippen LogP contribution is -2.31. The highest BCUT2D eigenvalue weighted by Gasteiger charge is 2.28. The number of amides is 1. The predicted octanol–water partition coefficient (Wildman–Crippen LogP) is 4.19. The fourth-order valence-electron chi connectivity index (χ4n) is 3.47. The van der Waals surface area contributed by atoms with Crippen molar-refractivity contribution in [2.45, 2.75) is 30.9 Å². The molecule has 0 saturated heterocycles. The van der Waals surface area contributed by atoms with Gasteiger partial charge in [0.2, 0.25) is 15.9 Å². The Balaban J connectivity index is 1.67. The summed E-state index contributed by atoms with van der Waals surface area (Å²) in [5, 5.41) is 0.693. The SMILES string of the molecule is CCN(CC)S(=O)(=O)c1ccc2c(c1)CCN2C(=O)CSCc1cccc(Cl)c1. The van der Waals surface area contributed by atoms with Crippen LogP contribution in [-0.2, 0) is 27.0 Å². The molecular weight excluding hydrogens is 428 g/mol. The van der Waals surface area contributed by atoms with Crippen LogP contribution >= 0.6 is 23.4 Å². The van der Waals surface area contributed by atoms with E-state index in [1.165, 1.54) is 4.31 Å². The number of hydrogen-bond donors (Lipinski definition) is 0. The second-order valence-corrected chi connectivity index (χ2v) is 10.2. The maximum Gasteiger partial charge on any atom is 0.243 e. The maximum atomic E-state index is 12.7. The fraction of sp³-hybridized carbons (Fsp3) is 0.381. The predicted molar refractivity (Wildman–Crippen MR) is 120 cm³/mol. The van der Waals surface area contributed by atoms with E-state index in [0.29, 0.717) is 47.5 Å². The zero-order chi connectivity index (χ0) is 21.0. The molecule has 1 amide bonds. The van der Waals surface area contributed by atoms with E-state index in [4.69, 9.17) is 11.6 Å². The number of rotatable bonds is 8. The van der Waals surface area contributed by atoms with Gasteiger partial charge in [-0.3, -0.25) is 4.79 Å². The number of fused-ring (bicyclic) bond motifs is 1. The molecular formula is C21H25ClN2O3S2. The minimum absolute atomic E-state index is 0.0372. The lowest BCUT2D eigenvalue weighted by Gasteiger charge is -2.20. The Morgan fingerprint density at radius 2 is 1.93 bits per heavy atom. The molecule has 0 aromatic heterocycles. The van der Waals surface area contributed by atoms with Crippen molar-refractivity contribution < 1.29 is 13.2 Å². The monoisotopic (exact) mass is 452 g/mol. The number of nitrogens with zero attached hydrogens (tertiary/aromatic N) is 2. The molecule has 0 unspecified atom stereocenters. The van der Waals surface area contributed by atoms with Crippen molar-refractivity contribution in [2.24, 2.45) is 0 Å². The highest BCUT2D eigenvalue weighted by atomic mass is 35.5. The van der Waals surface area contributed by atoms with Crippen molar-refractivity contribution in [3.05, 3.63) is 58.6 Å². The summed E-state index contributed by atoms with van der Waals surface area (Å²) in [5.74, 6) is 1.12. The van der Waals surface area contributed by atoms with Crippen molar-refractivity contribution in [2.75, 3.05) is 30.3 Å². The van der Waals surface area contributed by atoms with Crippen LogP contribution in [0.15, 0.2) is 47.4 Å². The van der Waals surface area contributed by atoms with Gasteiger partial charge in [0.15, 0.2) is 0 Å². The van der Waals surface area contributed by atoms with Crippen LogP contribution in [0.4, 0.5) is 5.69 Å². The van der Waals surface area contributed by atoms with Gasteiger partial charge in [-0.25, -0.2) is 8.42 Å². The molecule has 0 radical (unpaired) electrons. The lowest BCUT2D eigenvalue weighted by atomic mass is 10.2. The second kappa shape index (κ2) is 9.51. The van der Waals surface area contributed by atoms with Gasteiger partial charge in [-0.15, -0.1) is 11.8 Å². The van der Waals surface area contributed by atoms with Crippen LogP contribution in [0.2, 0.25) is 5.02 Å². The van der Waals surface area contributed by atoms with Crippen LogP contribution in [0.25, 0.3) is 0 Å². The minimum atomic E-state index is -3.49. The first kappa shape index (κ1) is 22.2. The topological polar surface area (TPSA) is 57.7 Å². The Bertz CT molecular complexity index is 991. The Kier molecular flexibility index (Phi) is 7.27. The maximum absolute atomic E-state index is 12.7. The van der Waals surface area contributed by atoms with Gasteiger partial charge in [0.1, 0.15) is 0 Å². The molecule has 5 nitrogen and oxygen atoms in total. The Morgan fingerprint density at radius 3 is 2.62 bits per heavy atom. The molecule has 1 heterocycles. The number of thioether (sulfide) groups is 1. The zero-order valence-electron chi connectivity index (χ0n) is 16.6. The third-order valence-electron chi connectivity index (χ3n) is 4.97. The molecule has 29 heavy (non-hydrogen) atoms. The number of benzene rings is 2. The van der Waals surface area contributed by atoms with Gasteiger partial charge < -0.3 is 4.90 Å². The van der Waals surface area contributed by atoms with Gasteiger partial charge in [0.25, 0.3) is 0 Å². The van der Waals surface area contributed by atoms with Crippen molar-refractivity contribution in [3.8, 4) is 0 Å². The minimum Gasteiger partial charge on any atom is -0.311 e. The van der Waals surface area contributed by atoms with E-state index >= 15 is 0 Å². The van der Waals surface area contributed by atoms with E-state index in [2.05, 4.69) is 0 Å². The number of sulfonamides is 1. The second-order valence-electron chi connectivity index (χ2n) is 6.80. The summed E-state index contributed by atoms with van der Waals surface area (Å²) in [6.45, 7) is 5.11. The molecule has 0 fully saturated rings. The molecule has 8 heteroatoms. The van der Waals surface area contributed by atoms with E-state index < -0.39 is 10.0 Å². The Hall–Kier alpha value is -1.54. The van der Waals surface area contributed by atoms with Gasteiger partial charge in [-0.2, -0.15) is 4.31 Å². The summed E-state index contributed by atoms with van der Waals surface area (Å²) in [5.41, 5.74) is 2.81.